The van der Waals surface area contributed by atoms with Crippen molar-refractivity contribution < 1.29 is 4.79 Å². The van der Waals surface area contributed by atoms with E-state index in [1.54, 1.807) is 6.20 Å². The second-order valence-electron chi connectivity index (χ2n) is 5.48. The van der Waals surface area contributed by atoms with Gasteiger partial charge in [-0.15, -0.1) is 0 Å². The van der Waals surface area contributed by atoms with Crippen molar-refractivity contribution in [1.82, 2.24) is 15.5 Å². The number of hydrogen-bond acceptors (Lipinski definition) is 2. The SMILES string of the molecule is Cc1cccc(-c2[nH]ncc2C(=O)NC2CCCC2)c1. The van der Waals surface area contributed by atoms with Crippen molar-refractivity contribution >= 4 is 5.91 Å². The fourth-order valence-electron chi connectivity index (χ4n) is 2.81. The van der Waals surface area contributed by atoms with Gasteiger partial charge in [0, 0.05) is 11.6 Å². The Morgan fingerprint density at radius 2 is 2.15 bits per heavy atom. The van der Waals surface area contributed by atoms with Crippen LogP contribution in [0.2, 0.25) is 0 Å². The maximum absolute atomic E-state index is 12.4. The van der Waals surface area contributed by atoms with Gasteiger partial charge >= 0.3 is 0 Å². The Bertz CT molecular complexity index is 612. The topological polar surface area (TPSA) is 57.8 Å². The van der Waals surface area contributed by atoms with Crippen LogP contribution < -0.4 is 5.32 Å². The first-order chi connectivity index (χ1) is 9.74. The summed E-state index contributed by atoms with van der Waals surface area (Å²) in [5, 5.41) is 10.1. The lowest BCUT2D eigenvalue weighted by molar-refractivity contribution is 0.0938. The van der Waals surface area contributed by atoms with Gasteiger partial charge in [-0.2, -0.15) is 5.10 Å². The fraction of sp³-hybridized carbons (Fsp3) is 0.375. The van der Waals surface area contributed by atoms with Crippen molar-refractivity contribution in [2.24, 2.45) is 0 Å². The Balaban J connectivity index is 1.84. The zero-order valence-corrected chi connectivity index (χ0v) is 11.6. The normalized spacial score (nSPS) is 15.4. The predicted octanol–water partition coefficient (Wildman–Crippen LogP) is 3.06. The summed E-state index contributed by atoms with van der Waals surface area (Å²) in [6.07, 6.45) is 6.21. The van der Waals surface area contributed by atoms with Gasteiger partial charge in [0.05, 0.1) is 17.5 Å². The van der Waals surface area contributed by atoms with Gasteiger partial charge in [-0.3, -0.25) is 9.89 Å². The smallest absolute Gasteiger partial charge is 0.255 e. The summed E-state index contributed by atoms with van der Waals surface area (Å²) in [7, 11) is 0. The first-order valence-electron chi connectivity index (χ1n) is 7.15. The first kappa shape index (κ1) is 12.9. The molecule has 1 amide bonds. The number of hydrogen-bond donors (Lipinski definition) is 2. The Kier molecular flexibility index (Phi) is 3.54. The summed E-state index contributed by atoms with van der Waals surface area (Å²) < 4.78 is 0. The van der Waals surface area contributed by atoms with Gasteiger partial charge in [0.1, 0.15) is 0 Å². The van der Waals surface area contributed by atoms with E-state index in [9.17, 15) is 4.79 Å². The third-order valence-corrected chi connectivity index (χ3v) is 3.88. The van der Waals surface area contributed by atoms with Crippen LogP contribution in [-0.2, 0) is 0 Å². The number of benzene rings is 1. The number of nitrogens with one attached hydrogen (secondary N) is 2. The lowest BCUT2D eigenvalue weighted by Crippen LogP contribution is -2.32. The van der Waals surface area contributed by atoms with Crippen LogP contribution in [0.4, 0.5) is 0 Å². The van der Waals surface area contributed by atoms with Crippen LogP contribution in [-0.4, -0.2) is 22.1 Å². The number of nitrogens with zero attached hydrogens (tertiary/aromatic N) is 1. The summed E-state index contributed by atoms with van der Waals surface area (Å²) in [5.41, 5.74) is 3.59. The maximum atomic E-state index is 12.4. The van der Waals surface area contributed by atoms with Gasteiger partial charge in [0.2, 0.25) is 0 Å². The summed E-state index contributed by atoms with van der Waals surface area (Å²) in [6.45, 7) is 2.04. The van der Waals surface area contributed by atoms with Crippen LogP contribution in [0.15, 0.2) is 30.5 Å². The molecule has 2 aromatic rings. The number of aryl methyl sites for hydroxylation is 1. The second kappa shape index (κ2) is 5.49. The standard InChI is InChI=1S/C16H19N3O/c1-11-5-4-6-12(9-11)15-14(10-17-19-15)16(20)18-13-7-2-3-8-13/h4-6,9-10,13H,2-3,7-8H2,1H3,(H,17,19)(H,18,20). The summed E-state index contributed by atoms with van der Waals surface area (Å²) in [5.74, 6) is -0.0258. The average molecular weight is 269 g/mol. The molecule has 1 fully saturated rings. The van der Waals surface area contributed by atoms with Gasteiger partial charge in [-0.1, -0.05) is 36.6 Å². The highest BCUT2D eigenvalue weighted by molar-refractivity contribution is 5.99. The van der Waals surface area contributed by atoms with Crippen LogP contribution in [0.25, 0.3) is 11.3 Å². The lowest BCUT2D eigenvalue weighted by Gasteiger charge is -2.12. The molecule has 0 saturated heterocycles. The minimum atomic E-state index is -0.0258. The zero-order chi connectivity index (χ0) is 13.9. The molecule has 0 radical (unpaired) electrons. The maximum Gasteiger partial charge on any atom is 0.255 e. The molecular formula is C16H19N3O. The molecule has 1 aromatic carbocycles. The largest absolute Gasteiger partial charge is 0.349 e. The van der Waals surface area contributed by atoms with Crippen molar-refractivity contribution in [3.63, 3.8) is 0 Å². The molecule has 104 valence electrons. The van der Waals surface area contributed by atoms with E-state index in [1.807, 2.05) is 25.1 Å². The molecule has 1 aliphatic carbocycles. The predicted molar refractivity (Wildman–Crippen MR) is 78.5 cm³/mol. The van der Waals surface area contributed by atoms with Gasteiger partial charge < -0.3 is 5.32 Å². The zero-order valence-electron chi connectivity index (χ0n) is 11.6. The number of amides is 1. The first-order valence-corrected chi connectivity index (χ1v) is 7.15. The Hall–Kier alpha value is -2.10. The van der Waals surface area contributed by atoms with Crippen LogP contribution in [0.3, 0.4) is 0 Å². The summed E-state index contributed by atoms with van der Waals surface area (Å²) in [6, 6.07) is 8.40. The monoisotopic (exact) mass is 269 g/mol. The Morgan fingerprint density at radius 1 is 1.35 bits per heavy atom. The van der Waals surface area contributed by atoms with Gasteiger partial charge in [-0.25, -0.2) is 0 Å². The van der Waals surface area contributed by atoms with E-state index in [0.717, 1.165) is 24.1 Å². The van der Waals surface area contributed by atoms with Crippen molar-refractivity contribution in [3.05, 3.63) is 41.6 Å². The molecule has 4 heteroatoms. The van der Waals surface area contributed by atoms with E-state index in [-0.39, 0.29) is 5.91 Å². The summed E-state index contributed by atoms with van der Waals surface area (Å²) in [4.78, 5) is 12.4. The van der Waals surface area contributed by atoms with Crippen LogP contribution in [0.5, 0.6) is 0 Å². The number of rotatable bonds is 3. The molecule has 0 spiro atoms. The molecule has 2 N–H and O–H groups in total. The molecular weight excluding hydrogens is 250 g/mol. The highest BCUT2D eigenvalue weighted by Crippen LogP contribution is 2.23. The van der Waals surface area contributed by atoms with Crippen molar-refractivity contribution in [2.45, 2.75) is 38.6 Å². The van der Waals surface area contributed by atoms with Crippen molar-refractivity contribution in [1.29, 1.82) is 0 Å². The van der Waals surface area contributed by atoms with E-state index in [1.165, 1.54) is 18.4 Å². The van der Waals surface area contributed by atoms with E-state index in [4.69, 9.17) is 0 Å². The molecule has 0 bridgehead atoms. The fourth-order valence-corrected chi connectivity index (χ4v) is 2.81. The molecule has 1 aliphatic rings. The molecule has 0 unspecified atom stereocenters. The number of carbonyl (C=O) groups excluding carboxylic acids is 1. The molecule has 1 saturated carbocycles. The third kappa shape index (κ3) is 2.59. The van der Waals surface area contributed by atoms with Gasteiger partial charge in [0.25, 0.3) is 5.91 Å². The van der Waals surface area contributed by atoms with Crippen molar-refractivity contribution in [2.75, 3.05) is 0 Å². The third-order valence-electron chi connectivity index (χ3n) is 3.88. The minimum Gasteiger partial charge on any atom is -0.349 e. The second-order valence-corrected chi connectivity index (χ2v) is 5.48. The molecule has 20 heavy (non-hydrogen) atoms. The molecule has 4 nitrogen and oxygen atoms in total. The van der Waals surface area contributed by atoms with Crippen LogP contribution in [0.1, 0.15) is 41.6 Å². The van der Waals surface area contributed by atoms with Gasteiger partial charge in [0.15, 0.2) is 0 Å². The highest BCUT2D eigenvalue weighted by atomic mass is 16.1. The molecule has 1 heterocycles. The minimum absolute atomic E-state index is 0.0258. The Morgan fingerprint density at radius 3 is 2.90 bits per heavy atom. The van der Waals surface area contributed by atoms with Crippen LogP contribution >= 0.6 is 0 Å². The van der Waals surface area contributed by atoms with E-state index in [0.29, 0.717) is 11.6 Å². The quantitative estimate of drug-likeness (QED) is 0.899. The highest BCUT2D eigenvalue weighted by Gasteiger charge is 2.21. The van der Waals surface area contributed by atoms with E-state index >= 15 is 0 Å². The number of aromatic amines is 1. The Labute approximate surface area is 118 Å². The summed E-state index contributed by atoms with van der Waals surface area (Å²) >= 11 is 0. The van der Waals surface area contributed by atoms with Gasteiger partial charge in [-0.05, 0) is 25.8 Å². The lowest BCUT2D eigenvalue weighted by atomic mass is 10.1. The van der Waals surface area contributed by atoms with Crippen molar-refractivity contribution in [3.8, 4) is 11.3 Å². The molecule has 0 atom stereocenters. The molecule has 0 aliphatic heterocycles. The average Bonchev–Trinajstić information content (AvgIpc) is 3.09. The van der Waals surface area contributed by atoms with Crippen LogP contribution in [0, 0.1) is 6.92 Å². The van der Waals surface area contributed by atoms with E-state index < -0.39 is 0 Å². The number of H-pyrrole nitrogens is 1. The number of carbonyl (C=O) groups is 1. The molecule has 1 aromatic heterocycles. The van der Waals surface area contributed by atoms with E-state index in [2.05, 4.69) is 21.6 Å². The number of aromatic nitrogens is 2. The molecule has 3 rings (SSSR count).